The molecule has 0 spiro atoms. The van der Waals surface area contributed by atoms with Crippen LogP contribution in [0.3, 0.4) is 0 Å². The Balaban J connectivity index is 1.91. The van der Waals surface area contributed by atoms with Crippen LogP contribution in [-0.2, 0) is 9.47 Å². The van der Waals surface area contributed by atoms with Gasteiger partial charge >= 0.3 is 0 Å². The third kappa shape index (κ3) is 5.01. The largest absolute Gasteiger partial charge is 0.379 e. The van der Waals surface area contributed by atoms with Crippen LogP contribution in [0.5, 0.6) is 0 Å². The Kier molecular flexibility index (Phi) is 6.23. The fourth-order valence-electron chi connectivity index (χ4n) is 2.26. The molecule has 7 nitrogen and oxygen atoms in total. The van der Waals surface area contributed by atoms with E-state index in [1.165, 1.54) is 0 Å². The summed E-state index contributed by atoms with van der Waals surface area (Å²) >= 11 is 0. The number of ether oxygens (including phenoxy) is 2. The van der Waals surface area contributed by atoms with E-state index in [-0.39, 0.29) is 18.1 Å². The normalized spacial score (nSPS) is 21.8. The number of nitrogens with one attached hydrogen (secondary N) is 1. The van der Waals surface area contributed by atoms with Crippen LogP contribution in [0.15, 0.2) is 12.3 Å². The third-order valence-electron chi connectivity index (χ3n) is 3.49. The lowest BCUT2D eigenvalue weighted by molar-refractivity contribution is -0.0562. The Hall–Kier alpha value is -1.57. The summed E-state index contributed by atoms with van der Waals surface area (Å²) in [7, 11) is 4.01. The van der Waals surface area contributed by atoms with Gasteiger partial charge in [0.25, 0.3) is 5.91 Å². The van der Waals surface area contributed by atoms with Crippen LogP contribution >= 0.6 is 0 Å². The maximum Gasteiger partial charge on any atom is 0.270 e. The van der Waals surface area contributed by atoms with Crippen LogP contribution in [-0.4, -0.2) is 73.4 Å². The van der Waals surface area contributed by atoms with Gasteiger partial charge < -0.3 is 19.7 Å². The van der Waals surface area contributed by atoms with Crippen LogP contribution in [0.4, 0.5) is 0 Å². The lowest BCUT2D eigenvalue weighted by Gasteiger charge is -2.32. The summed E-state index contributed by atoms with van der Waals surface area (Å²) in [6.07, 6.45) is 2.33. The number of carbonyl (C=O) groups is 1. The fraction of sp³-hybridized carbons (Fsp3) is 0.667. The van der Waals surface area contributed by atoms with Crippen molar-refractivity contribution in [1.29, 1.82) is 0 Å². The molecule has 0 unspecified atom stereocenters. The van der Waals surface area contributed by atoms with E-state index in [0.29, 0.717) is 31.3 Å². The van der Waals surface area contributed by atoms with E-state index in [0.717, 1.165) is 13.0 Å². The second-order valence-electron chi connectivity index (χ2n) is 5.65. The minimum atomic E-state index is -0.220. The lowest BCUT2D eigenvalue weighted by atomic mass is 10.1. The molecule has 1 aliphatic heterocycles. The monoisotopic (exact) mass is 308 g/mol. The zero-order chi connectivity index (χ0) is 15.9. The highest BCUT2D eigenvalue weighted by Crippen LogP contribution is 2.12. The molecule has 2 rings (SSSR count). The van der Waals surface area contributed by atoms with Crippen molar-refractivity contribution in [2.24, 2.45) is 0 Å². The Bertz CT molecular complexity index is 495. The predicted octanol–water partition coefficient (Wildman–Crippen LogP) is 0.251. The van der Waals surface area contributed by atoms with Crippen molar-refractivity contribution in [3.63, 3.8) is 0 Å². The molecule has 1 aromatic heterocycles. The second-order valence-corrected chi connectivity index (χ2v) is 5.65. The number of hydrogen-bond donors (Lipinski definition) is 1. The SMILES string of the molecule is Cc1nccc(C(=O)N[C@@H]2COCC[C@@H]2OCCN(C)C)n1. The number of rotatable bonds is 6. The van der Waals surface area contributed by atoms with Crippen LogP contribution in [0.1, 0.15) is 22.7 Å². The molecule has 0 bridgehead atoms. The average Bonchev–Trinajstić information content (AvgIpc) is 2.48. The molecule has 0 saturated carbocycles. The molecular weight excluding hydrogens is 284 g/mol. The molecule has 1 aliphatic rings. The molecule has 0 aliphatic carbocycles. The van der Waals surface area contributed by atoms with Gasteiger partial charge in [0.05, 0.1) is 25.4 Å². The highest BCUT2D eigenvalue weighted by Gasteiger charge is 2.28. The maximum atomic E-state index is 12.3. The summed E-state index contributed by atoms with van der Waals surface area (Å²) in [6.45, 7) is 4.36. The van der Waals surface area contributed by atoms with Gasteiger partial charge in [-0.15, -0.1) is 0 Å². The van der Waals surface area contributed by atoms with Gasteiger partial charge in [-0.3, -0.25) is 4.79 Å². The second kappa shape index (κ2) is 8.17. The molecule has 1 fully saturated rings. The third-order valence-corrected chi connectivity index (χ3v) is 3.49. The predicted molar refractivity (Wildman–Crippen MR) is 81.8 cm³/mol. The highest BCUT2D eigenvalue weighted by molar-refractivity contribution is 5.92. The van der Waals surface area contributed by atoms with Gasteiger partial charge in [-0.2, -0.15) is 0 Å². The lowest BCUT2D eigenvalue weighted by Crippen LogP contribution is -2.51. The molecule has 1 N–H and O–H groups in total. The Morgan fingerprint density at radius 1 is 1.55 bits per heavy atom. The van der Waals surface area contributed by atoms with Crippen molar-refractivity contribution < 1.29 is 14.3 Å². The van der Waals surface area contributed by atoms with E-state index in [1.807, 2.05) is 14.1 Å². The summed E-state index contributed by atoms with van der Waals surface area (Å²) < 4.78 is 11.4. The van der Waals surface area contributed by atoms with Gasteiger partial charge in [-0.05, 0) is 33.5 Å². The molecule has 22 heavy (non-hydrogen) atoms. The summed E-state index contributed by atoms with van der Waals surface area (Å²) in [5.41, 5.74) is 0.366. The first-order valence-corrected chi connectivity index (χ1v) is 7.51. The molecular formula is C15H24N4O3. The number of carbonyl (C=O) groups excluding carboxylic acids is 1. The zero-order valence-corrected chi connectivity index (χ0v) is 13.4. The first-order valence-electron chi connectivity index (χ1n) is 7.51. The number of amides is 1. The Labute approximate surface area is 131 Å². The maximum absolute atomic E-state index is 12.3. The minimum absolute atomic E-state index is 0.0272. The van der Waals surface area contributed by atoms with E-state index in [4.69, 9.17) is 9.47 Å². The minimum Gasteiger partial charge on any atom is -0.379 e. The number of aromatic nitrogens is 2. The summed E-state index contributed by atoms with van der Waals surface area (Å²) in [4.78, 5) is 22.5. The van der Waals surface area contributed by atoms with E-state index >= 15 is 0 Å². The van der Waals surface area contributed by atoms with E-state index < -0.39 is 0 Å². The molecule has 2 heterocycles. The fourth-order valence-corrected chi connectivity index (χ4v) is 2.26. The molecule has 0 aromatic carbocycles. The van der Waals surface area contributed by atoms with E-state index in [1.54, 1.807) is 19.2 Å². The average molecular weight is 308 g/mol. The van der Waals surface area contributed by atoms with Crippen LogP contribution in [0, 0.1) is 6.92 Å². The van der Waals surface area contributed by atoms with Gasteiger partial charge in [0.1, 0.15) is 11.5 Å². The Morgan fingerprint density at radius 2 is 2.36 bits per heavy atom. The van der Waals surface area contributed by atoms with Gasteiger partial charge in [-0.1, -0.05) is 0 Å². The molecule has 2 atom stereocenters. The van der Waals surface area contributed by atoms with Gasteiger partial charge in [0.15, 0.2) is 0 Å². The number of likely N-dealkylation sites (N-methyl/N-ethyl adjacent to an activating group) is 1. The van der Waals surface area contributed by atoms with Gasteiger partial charge in [0, 0.05) is 19.3 Å². The Morgan fingerprint density at radius 3 is 3.09 bits per heavy atom. The van der Waals surface area contributed by atoms with Crippen molar-refractivity contribution in [1.82, 2.24) is 20.2 Å². The summed E-state index contributed by atoms with van der Waals surface area (Å²) in [5, 5.41) is 2.96. The number of nitrogens with zero attached hydrogens (tertiary/aromatic N) is 3. The number of aryl methyl sites for hydroxylation is 1. The van der Waals surface area contributed by atoms with Crippen LogP contribution in [0.25, 0.3) is 0 Å². The van der Waals surface area contributed by atoms with Crippen LogP contribution in [0.2, 0.25) is 0 Å². The van der Waals surface area contributed by atoms with E-state index in [9.17, 15) is 4.79 Å². The first-order chi connectivity index (χ1) is 10.6. The van der Waals surface area contributed by atoms with Gasteiger partial charge in [0.2, 0.25) is 0 Å². The highest BCUT2D eigenvalue weighted by atomic mass is 16.5. The summed E-state index contributed by atoms with van der Waals surface area (Å²) in [6, 6.07) is 1.45. The molecule has 122 valence electrons. The molecule has 1 aromatic rings. The standard InChI is InChI=1S/C15H24N4O3/c1-11-16-6-4-12(17-11)15(20)18-13-10-21-8-5-14(13)22-9-7-19(2)3/h4,6,13-14H,5,7-10H2,1-3H3,(H,18,20)/t13-,14+/m1/s1. The molecule has 0 radical (unpaired) electrons. The molecule has 7 heteroatoms. The number of hydrogen-bond acceptors (Lipinski definition) is 6. The van der Waals surface area contributed by atoms with Crippen molar-refractivity contribution >= 4 is 5.91 Å². The quantitative estimate of drug-likeness (QED) is 0.812. The van der Waals surface area contributed by atoms with Crippen molar-refractivity contribution in [2.75, 3.05) is 40.5 Å². The molecule has 1 amide bonds. The van der Waals surface area contributed by atoms with Crippen molar-refractivity contribution in [3.8, 4) is 0 Å². The van der Waals surface area contributed by atoms with Crippen molar-refractivity contribution in [3.05, 3.63) is 23.8 Å². The zero-order valence-electron chi connectivity index (χ0n) is 13.4. The smallest absolute Gasteiger partial charge is 0.270 e. The first kappa shape index (κ1) is 16.8. The van der Waals surface area contributed by atoms with Gasteiger partial charge in [-0.25, -0.2) is 9.97 Å². The molecule has 1 saturated heterocycles. The summed E-state index contributed by atoms with van der Waals surface area (Å²) in [5.74, 6) is 0.355. The van der Waals surface area contributed by atoms with Crippen molar-refractivity contribution in [2.45, 2.75) is 25.5 Å². The van der Waals surface area contributed by atoms with Crippen LogP contribution < -0.4 is 5.32 Å². The van der Waals surface area contributed by atoms with E-state index in [2.05, 4.69) is 20.2 Å². The topological polar surface area (TPSA) is 76.6 Å².